The highest BCUT2D eigenvalue weighted by Crippen LogP contribution is 2.49. The van der Waals surface area contributed by atoms with Crippen LogP contribution in [0.3, 0.4) is 0 Å². The molecule has 9 nitrogen and oxygen atoms in total. The van der Waals surface area contributed by atoms with Crippen molar-refractivity contribution in [3.8, 4) is 0 Å². The molecule has 0 unspecified atom stereocenters. The summed E-state index contributed by atoms with van der Waals surface area (Å²) in [6.45, 7) is 1.59. The maximum Gasteiger partial charge on any atom is 0.334 e. The van der Waals surface area contributed by atoms with Gasteiger partial charge in [0.25, 0.3) is 5.91 Å². The van der Waals surface area contributed by atoms with Gasteiger partial charge in [-0.25, -0.2) is 4.79 Å². The molecule has 0 bridgehead atoms. The Balaban J connectivity index is 2.86. The summed E-state index contributed by atoms with van der Waals surface area (Å²) in [5.74, 6) is -2.27. The van der Waals surface area contributed by atoms with Crippen molar-refractivity contribution in [1.29, 1.82) is 0 Å². The molecule has 0 fully saturated rings. The number of amides is 1. The van der Waals surface area contributed by atoms with Crippen molar-refractivity contribution in [3.63, 3.8) is 0 Å². The molecule has 1 N–H and O–H groups in total. The second kappa shape index (κ2) is 10.9. The third-order valence-corrected chi connectivity index (χ3v) is 6.00. The van der Waals surface area contributed by atoms with Gasteiger partial charge in [0, 0.05) is 19.8 Å². The first kappa shape index (κ1) is 23.8. The highest BCUT2D eigenvalue weighted by molar-refractivity contribution is 7.52. The number of carbonyl (C=O) groups is 3. The number of nitrogens with one attached hydrogen (secondary N) is 1. The number of esters is 2. The predicted molar refractivity (Wildman–Crippen MR) is 101 cm³/mol. The molecule has 0 aromatic heterocycles. The number of hydrogen-bond acceptors (Lipinski definition) is 8. The SMILES string of the molecule is COC(=O)[C@H](C)C[C@H](NC(=O)c1ccc(CP(=O)(OC)OC)cc1)C(=O)OC. The van der Waals surface area contributed by atoms with Gasteiger partial charge in [0.2, 0.25) is 0 Å². The number of hydrogen-bond donors (Lipinski definition) is 1. The van der Waals surface area contributed by atoms with Gasteiger partial charge in [-0.1, -0.05) is 19.1 Å². The Bertz CT molecular complexity index is 726. The summed E-state index contributed by atoms with van der Waals surface area (Å²) < 4.78 is 31.3. The lowest BCUT2D eigenvalue weighted by atomic mass is 10.0. The van der Waals surface area contributed by atoms with E-state index in [1.807, 2.05) is 0 Å². The molecule has 0 saturated heterocycles. The highest BCUT2D eigenvalue weighted by atomic mass is 31.2. The molecule has 2 atom stereocenters. The van der Waals surface area contributed by atoms with Crippen molar-refractivity contribution in [3.05, 3.63) is 35.4 Å². The van der Waals surface area contributed by atoms with E-state index in [9.17, 15) is 18.9 Å². The van der Waals surface area contributed by atoms with Crippen LogP contribution in [-0.4, -0.2) is 52.3 Å². The fourth-order valence-corrected chi connectivity index (χ4v) is 3.50. The molecule has 0 saturated carbocycles. The van der Waals surface area contributed by atoms with E-state index in [2.05, 4.69) is 10.1 Å². The van der Waals surface area contributed by atoms with Crippen LogP contribution >= 0.6 is 7.60 Å². The van der Waals surface area contributed by atoms with E-state index in [4.69, 9.17) is 13.8 Å². The van der Waals surface area contributed by atoms with Crippen LogP contribution in [0.2, 0.25) is 0 Å². The van der Waals surface area contributed by atoms with E-state index in [0.29, 0.717) is 5.56 Å². The van der Waals surface area contributed by atoms with Crippen molar-refractivity contribution < 1.29 is 37.5 Å². The molecular formula is C18H26NO8P. The molecule has 1 amide bonds. The summed E-state index contributed by atoms with van der Waals surface area (Å²) in [6.07, 6.45) is 0.0946. The van der Waals surface area contributed by atoms with Gasteiger partial charge in [-0.05, 0) is 24.1 Å². The van der Waals surface area contributed by atoms with Crippen molar-refractivity contribution in [1.82, 2.24) is 5.32 Å². The van der Waals surface area contributed by atoms with Crippen molar-refractivity contribution in [2.24, 2.45) is 5.92 Å². The molecule has 156 valence electrons. The lowest BCUT2D eigenvalue weighted by Crippen LogP contribution is -2.43. The third kappa shape index (κ3) is 6.74. The van der Waals surface area contributed by atoms with Crippen LogP contribution in [0.15, 0.2) is 24.3 Å². The molecule has 1 aromatic carbocycles. The summed E-state index contributed by atoms with van der Waals surface area (Å²) in [7, 11) is 1.83. The number of benzene rings is 1. The molecule has 1 rings (SSSR count). The Morgan fingerprint density at radius 1 is 0.964 bits per heavy atom. The Morgan fingerprint density at radius 2 is 1.50 bits per heavy atom. The van der Waals surface area contributed by atoms with Crippen LogP contribution < -0.4 is 5.32 Å². The summed E-state index contributed by atoms with van der Waals surface area (Å²) in [4.78, 5) is 36.0. The maximum atomic E-state index is 12.5. The Hall–Kier alpha value is -2.22. The minimum absolute atomic E-state index is 0.0357. The lowest BCUT2D eigenvalue weighted by molar-refractivity contribution is -0.147. The van der Waals surface area contributed by atoms with E-state index in [1.54, 1.807) is 19.1 Å². The predicted octanol–water partition coefficient (Wildman–Crippen LogP) is 2.14. The largest absolute Gasteiger partial charge is 0.469 e. The van der Waals surface area contributed by atoms with Crippen LogP contribution in [0.5, 0.6) is 0 Å². The number of methoxy groups -OCH3 is 2. The normalized spacial score (nSPS) is 13.3. The molecule has 0 heterocycles. The zero-order valence-electron chi connectivity index (χ0n) is 16.6. The molecule has 10 heteroatoms. The zero-order valence-corrected chi connectivity index (χ0v) is 17.5. The molecule has 0 spiro atoms. The molecule has 0 radical (unpaired) electrons. The van der Waals surface area contributed by atoms with Gasteiger partial charge in [0.1, 0.15) is 6.04 Å². The van der Waals surface area contributed by atoms with Crippen molar-refractivity contribution >= 4 is 25.4 Å². The first-order valence-corrected chi connectivity index (χ1v) is 10.2. The summed E-state index contributed by atoms with van der Waals surface area (Å²) in [5.41, 5.74) is 0.945. The van der Waals surface area contributed by atoms with Crippen LogP contribution in [-0.2, 0) is 38.8 Å². The third-order valence-electron chi connectivity index (χ3n) is 4.13. The number of rotatable bonds is 10. The van der Waals surface area contributed by atoms with Gasteiger partial charge in [-0.3, -0.25) is 14.2 Å². The fraction of sp³-hybridized carbons (Fsp3) is 0.500. The quantitative estimate of drug-likeness (QED) is 0.456. The molecule has 0 aliphatic heterocycles. The molecule has 28 heavy (non-hydrogen) atoms. The maximum absolute atomic E-state index is 12.5. The van der Waals surface area contributed by atoms with Gasteiger partial charge in [0.15, 0.2) is 0 Å². The summed E-state index contributed by atoms with van der Waals surface area (Å²) in [5, 5.41) is 2.56. The monoisotopic (exact) mass is 415 g/mol. The van der Waals surface area contributed by atoms with Gasteiger partial charge in [-0.2, -0.15) is 0 Å². The topological polar surface area (TPSA) is 117 Å². The summed E-state index contributed by atoms with van der Waals surface area (Å²) >= 11 is 0. The first-order valence-electron chi connectivity index (χ1n) is 8.45. The van der Waals surface area contributed by atoms with Crippen molar-refractivity contribution in [2.45, 2.75) is 25.5 Å². The summed E-state index contributed by atoms with van der Waals surface area (Å²) in [6, 6.07) is 5.28. The Kier molecular flexibility index (Phi) is 9.31. The van der Waals surface area contributed by atoms with Gasteiger partial charge < -0.3 is 23.8 Å². The molecule has 1 aromatic rings. The second-order valence-electron chi connectivity index (χ2n) is 6.04. The number of carbonyl (C=O) groups excluding carboxylic acids is 3. The second-order valence-corrected chi connectivity index (χ2v) is 8.31. The minimum Gasteiger partial charge on any atom is -0.469 e. The van der Waals surface area contributed by atoms with Crippen molar-refractivity contribution in [2.75, 3.05) is 28.4 Å². The highest BCUT2D eigenvalue weighted by Gasteiger charge is 2.28. The fourth-order valence-electron chi connectivity index (χ4n) is 2.44. The smallest absolute Gasteiger partial charge is 0.334 e. The zero-order chi connectivity index (χ0) is 21.3. The van der Waals surface area contributed by atoms with E-state index < -0.39 is 37.4 Å². The average Bonchev–Trinajstić information content (AvgIpc) is 2.72. The Labute approximate surface area is 164 Å². The first-order chi connectivity index (χ1) is 13.2. The lowest BCUT2D eigenvalue weighted by Gasteiger charge is -2.19. The van der Waals surface area contributed by atoms with Crippen LogP contribution in [0.4, 0.5) is 0 Å². The van der Waals surface area contributed by atoms with Crippen LogP contribution in [0, 0.1) is 5.92 Å². The minimum atomic E-state index is -3.22. The molecule has 0 aliphatic rings. The molecular weight excluding hydrogens is 389 g/mol. The Morgan fingerprint density at radius 3 is 1.96 bits per heavy atom. The van der Waals surface area contributed by atoms with Gasteiger partial charge in [0.05, 0.1) is 26.3 Å². The van der Waals surface area contributed by atoms with E-state index in [-0.39, 0.29) is 18.1 Å². The molecule has 0 aliphatic carbocycles. The van der Waals surface area contributed by atoms with Gasteiger partial charge in [-0.15, -0.1) is 0 Å². The van der Waals surface area contributed by atoms with Gasteiger partial charge >= 0.3 is 19.5 Å². The average molecular weight is 415 g/mol. The standard InChI is InChI=1S/C18H26NO8P/c1-12(17(21)24-2)10-15(18(22)25-3)19-16(20)14-8-6-13(7-9-14)11-28(23,26-4)27-5/h6-9,12,15H,10-11H2,1-5H3,(H,19,20)/t12-,15+/m1/s1. The van der Waals surface area contributed by atoms with E-state index in [1.165, 1.54) is 40.6 Å². The van der Waals surface area contributed by atoms with Crippen LogP contribution in [0.25, 0.3) is 0 Å². The van der Waals surface area contributed by atoms with E-state index in [0.717, 1.165) is 0 Å². The van der Waals surface area contributed by atoms with E-state index >= 15 is 0 Å². The number of ether oxygens (including phenoxy) is 2. The van der Waals surface area contributed by atoms with Crippen LogP contribution in [0.1, 0.15) is 29.3 Å².